The highest BCUT2D eigenvalue weighted by Crippen LogP contribution is 2.25. The van der Waals surface area contributed by atoms with E-state index in [1.54, 1.807) is 0 Å². The Balaban J connectivity index is 1.69. The van der Waals surface area contributed by atoms with Gasteiger partial charge in [0.15, 0.2) is 0 Å². The summed E-state index contributed by atoms with van der Waals surface area (Å²) in [6.07, 6.45) is 0.403. The molecule has 4 heteroatoms. The average molecular weight is 287 g/mol. The third kappa shape index (κ3) is 2.63. The van der Waals surface area contributed by atoms with Gasteiger partial charge >= 0.3 is 0 Å². The molecule has 0 saturated heterocycles. The molecule has 3 nitrogen and oxygen atoms in total. The van der Waals surface area contributed by atoms with E-state index in [1.807, 2.05) is 47.4 Å². The number of hydrogen-bond donors (Lipinski definition) is 1. The lowest BCUT2D eigenvalue weighted by molar-refractivity contribution is -0.131. The van der Waals surface area contributed by atoms with Crippen molar-refractivity contribution in [3.63, 3.8) is 0 Å². The van der Waals surface area contributed by atoms with Gasteiger partial charge in [0.05, 0.1) is 6.42 Å². The number of halogens is 1. The summed E-state index contributed by atoms with van der Waals surface area (Å²) in [5.41, 5.74) is 9.83. The number of fused-ring (bicyclic) bond motifs is 1. The maximum atomic E-state index is 12.3. The maximum Gasteiger partial charge on any atom is 0.227 e. The first-order valence-electron chi connectivity index (χ1n) is 6.51. The third-order valence-corrected chi connectivity index (χ3v) is 3.83. The molecule has 1 aliphatic rings. The number of rotatable bonds is 2. The highest BCUT2D eigenvalue weighted by Gasteiger charge is 2.23. The minimum absolute atomic E-state index is 0.127. The van der Waals surface area contributed by atoms with Crippen LogP contribution in [-0.4, -0.2) is 10.8 Å². The summed E-state index contributed by atoms with van der Waals surface area (Å²) < 4.78 is 0. The molecule has 102 valence electrons. The molecule has 0 aliphatic carbocycles. The Labute approximate surface area is 123 Å². The molecule has 1 heterocycles. The summed E-state index contributed by atoms with van der Waals surface area (Å²) in [5, 5.41) is 0.685. The lowest BCUT2D eigenvalue weighted by atomic mass is 10.1. The normalized spacial score (nSPS) is 13.3. The van der Waals surface area contributed by atoms with Gasteiger partial charge in [-0.25, -0.2) is 0 Å². The number of hydrogen-bond acceptors (Lipinski definition) is 2. The molecule has 20 heavy (non-hydrogen) atoms. The van der Waals surface area contributed by atoms with E-state index in [1.165, 1.54) is 5.56 Å². The molecule has 0 spiro atoms. The zero-order valence-electron chi connectivity index (χ0n) is 11.0. The van der Waals surface area contributed by atoms with Gasteiger partial charge in [-0.2, -0.15) is 0 Å². The number of amides is 1. The zero-order chi connectivity index (χ0) is 14.1. The number of nitrogen functional groups attached to an aromatic ring is 1. The molecule has 3 rings (SSSR count). The Hall–Kier alpha value is -2.00. The fourth-order valence-electron chi connectivity index (χ4n) is 2.48. The fraction of sp³-hybridized carbons (Fsp3) is 0.188. The van der Waals surface area contributed by atoms with E-state index < -0.39 is 0 Å². The predicted octanol–water partition coefficient (Wildman–Crippen LogP) is 3.01. The standard InChI is InChI=1S/C16H15ClN2O/c17-14-4-1-11(2-5-14)7-16(20)19-9-12-3-6-15(18)8-13(12)10-19/h1-6,8H,7,9-10,18H2. The van der Waals surface area contributed by atoms with Crippen LogP contribution in [0.25, 0.3) is 0 Å². The molecule has 0 radical (unpaired) electrons. The van der Waals surface area contributed by atoms with Gasteiger partial charge in [0.2, 0.25) is 5.91 Å². The molecule has 1 amide bonds. The summed E-state index contributed by atoms with van der Waals surface area (Å²) in [6, 6.07) is 13.2. The van der Waals surface area contributed by atoms with Gasteiger partial charge < -0.3 is 10.6 Å². The van der Waals surface area contributed by atoms with Crippen LogP contribution in [-0.2, 0) is 24.3 Å². The van der Waals surface area contributed by atoms with Crippen LogP contribution in [0.5, 0.6) is 0 Å². The second kappa shape index (κ2) is 5.17. The summed E-state index contributed by atoms with van der Waals surface area (Å²) >= 11 is 5.84. The predicted molar refractivity (Wildman–Crippen MR) is 80.3 cm³/mol. The summed E-state index contributed by atoms with van der Waals surface area (Å²) in [5.74, 6) is 0.127. The van der Waals surface area contributed by atoms with Crippen molar-refractivity contribution in [1.82, 2.24) is 4.90 Å². The summed E-state index contributed by atoms with van der Waals surface area (Å²) in [7, 11) is 0. The van der Waals surface area contributed by atoms with Crippen LogP contribution in [0.15, 0.2) is 42.5 Å². The maximum absolute atomic E-state index is 12.3. The van der Waals surface area contributed by atoms with Crippen molar-refractivity contribution in [2.45, 2.75) is 19.5 Å². The smallest absolute Gasteiger partial charge is 0.227 e. The second-order valence-electron chi connectivity index (χ2n) is 5.08. The highest BCUT2D eigenvalue weighted by atomic mass is 35.5. The van der Waals surface area contributed by atoms with Gasteiger partial charge in [0.25, 0.3) is 0 Å². The Morgan fingerprint density at radius 1 is 1.10 bits per heavy atom. The summed E-state index contributed by atoms with van der Waals surface area (Å²) in [6.45, 7) is 1.31. The lowest BCUT2D eigenvalue weighted by Crippen LogP contribution is -2.26. The van der Waals surface area contributed by atoms with Crippen molar-refractivity contribution in [2.75, 3.05) is 5.73 Å². The van der Waals surface area contributed by atoms with Crippen molar-refractivity contribution < 1.29 is 4.79 Å². The van der Waals surface area contributed by atoms with E-state index >= 15 is 0 Å². The van der Waals surface area contributed by atoms with E-state index in [2.05, 4.69) is 0 Å². The third-order valence-electron chi connectivity index (χ3n) is 3.57. The van der Waals surface area contributed by atoms with Gasteiger partial charge in [0.1, 0.15) is 0 Å². The van der Waals surface area contributed by atoms with Crippen LogP contribution in [0.3, 0.4) is 0 Å². The van der Waals surface area contributed by atoms with Gasteiger partial charge in [-0.1, -0.05) is 29.8 Å². The molecule has 0 saturated carbocycles. The largest absolute Gasteiger partial charge is 0.399 e. The zero-order valence-corrected chi connectivity index (χ0v) is 11.7. The second-order valence-corrected chi connectivity index (χ2v) is 5.52. The number of carbonyl (C=O) groups is 1. The van der Waals surface area contributed by atoms with Crippen LogP contribution < -0.4 is 5.73 Å². The Bertz CT molecular complexity index is 652. The first-order valence-corrected chi connectivity index (χ1v) is 6.89. The monoisotopic (exact) mass is 286 g/mol. The van der Waals surface area contributed by atoms with Crippen LogP contribution in [0, 0.1) is 0 Å². The lowest BCUT2D eigenvalue weighted by Gasteiger charge is -2.15. The number of benzene rings is 2. The molecule has 1 aliphatic heterocycles. The molecular formula is C16H15ClN2O. The van der Waals surface area contributed by atoms with E-state index in [9.17, 15) is 4.79 Å². The van der Waals surface area contributed by atoms with Gasteiger partial charge in [-0.15, -0.1) is 0 Å². The number of carbonyl (C=O) groups excluding carboxylic acids is 1. The van der Waals surface area contributed by atoms with E-state index in [0.717, 1.165) is 16.8 Å². The first kappa shape index (κ1) is 13.0. The molecular weight excluding hydrogens is 272 g/mol. The number of nitrogens with zero attached hydrogens (tertiary/aromatic N) is 1. The van der Waals surface area contributed by atoms with E-state index in [-0.39, 0.29) is 5.91 Å². The molecule has 2 N–H and O–H groups in total. The van der Waals surface area contributed by atoms with Gasteiger partial charge in [-0.3, -0.25) is 4.79 Å². The molecule has 0 fully saturated rings. The van der Waals surface area contributed by atoms with E-state index in [4.69, 9.17) is 17.3 Å². The van der Waals surface area contributed by atoms with Gasteiger partial charge in [-0.05, 0) is 41.0 Å². The number of anilines is 1. The molecule has 0 aromatic heterocycles. The Kier molecular flexibility index (Phi) is 3.36. The number of nitrogens with two attached hydrogens (primary N) is 1. The molecule has 0 atom stereocenters. The minimum atomic E-state index is 0.127. The highest BCUT2D eigenvalue weighted by molar-refractivity contribution is 6.30. The van der Waals surface area contributed by atoms with E-state index in [0.29, 0.717) is 24.5 Å². The topological polar surface area (TPSA) is 46.3 Å². The Morgan fingerprint density at radius 3 is 2.55 bits per heavy atom. The SMILES string of the molecule is Nc1ccc2c(c1)CN(C(=O)Cc1ccc(Cl)cc1)C2. The van der Waals surface area contributed by atoms with Crippen molar-refractivity contribution in [3.8, 4) is 0 Å². The quantitative estimate of drug-likeness (QED) is 0.863. The molecule has 0 unspecified atom stereocenters. The van der Waals surface area contributed by atoms with Crippen LogP contribution in [0.1, 0.15) is 16.7 Å². The van der Waals surface area contributed by atoms with Crippen molar-refractivity contribution in [3.05, 3.63) is 64.2 Å². The van der Waals surface area contributed by atoms with Crippen molar-refractivity contribution in [1.29, 1.82) is 0 Å². The Morgan fingerprint density at radius 2 is 1.80 bits per heavy atom. The minimum Gasteiger partial charge on any atom is -0.399 e. The van der Waals surface area contributed by atoms with Crippen molar-refractivity contribution >= 4 is 23.2 Å². The van der Waals surface area contributed by atoms with Crippen LogP contribution >= 0.6 is 11.6 Å². The molecule has 2 aromatic rings. The van der Waals surface area contributed by atoms with Crippen LogP contribution in [0.2, 0.25) is 5.02 Å². The van der Waals surface area contributed by atoms with Crippen molar-refractivity contribution in [2.24, 2.45) is 0 Å². The first-order chi connectivity index (χ1) is 9.61. The van der Waals surface area contributed by atoms with Crippen LogP contribution in [0.4, 0.5) is 5.69 Å². The van der Waals surface area contributed by atoms with Gasteiger partial charge in [0, 0.05) is 23.8 Å². The fourth-order valence-corrected chi connectivity index (χ4v) is 2.61. The summed E-state index contributed by atoms with van der Waals surface area (Å²) in [4.78, 5) is 14.2. The average Bonchev–Trinajstić information content (AvgIpc) is 2.84. The molecule has 0 bridgehead atoms. The molecule has 2 aromatic carbocycles.